The molecule has 2 heterocycles. The maximum Gasteiger partial charge on any atom is 0.136 e. The fourth-order valence-electron chi connectivity index (χ4n) is 2.29. The Bertz CT molecular complexity index is 695. The third-order valence-corrected chi connectivity index (χ3v) is 3.61. The summed E-state index contributed by atoms with van der Waals surface area (Å²) in [5, 5.41) is 19.1. The molecule has 0 radical (unpaired) electrons. The van der Waals surface area contributed by atoms with Gasteiger partial charge in [0.15, 0.2) is 0 Å². The Labute approximate surface area is 148 Å². The number of aliphatic hydroxyl groups excluding tert-OH is 1. The highest BCUT2D eigenvalue weighted by Crippen LogP contribution is 2.22. The third-order valence-electron chi connectivity index (χ3n) is 3.61. The van der Waals surface area contributed by atoms with Gasteiger partial charge in [0.05, 0.1) is 38.2 Å². The van der Waals surface area contributed by atoms with E-state index >= 15 is 0 Å². The van der Waals surface area contributed by atoms with E-state index in [2.05, 4.69) is 41.2 Å². The van der Waals surface area contributed by atoms with Crippen LogP contribution in [0.3, 0.4) is 0 Å². The van der Waals surface area contributed by atoms with E-state index in [0.717, 1.165) is 23.0 Å². The number of aliphatic hydroxyl groups is 1. The lowest BCUT2D eigenvalue weighted by atomic mass is 9.95. The number of hydrogen-bond donors (Lipinski definition) is 2. The van der Waals surface area contributed by atoms with Crippen LogP contribution in [-0.4, -0.2) is 56.7 Å². The van der Waals surface area contributed by atoms with Crippen LogP contribution < -0.4 is 5.32 Å². The van der Waals surface area contributed by atoms with E-state index in [-0.39, 0.29) is 5.41 Å². The van der Waals surface area contributed by atoms with E-state index in [4.69, 9.17) is 4.84 Å². The lowest BCUT2D eigenvalue weighted by molar-refractivity contribution is -0.129. The van der Waals surface area contributed by atoms with Crippen molar-refractivity contribution in [2.75, 3.05) is 26.0 Å². The Balaban J connectivity index is 2.05. The molecule has 0 saturated carbocycles. The van der Waals surface area contributed by atoms with Crippen molar-refractivity contribution < 1.29 is 9.94 Å². The van der Waals surface area contributed by atoms with Crippen LogP contribution in [0.5, 0.6) is 0 Å². The molecule has 0 aliphatic heterocycles. The third kappa shape index (κ3) is 5.77. The van der Waals surface area contributed by atoms with Gasteiger partial charge in [0.25, 0.3) is 0 Å². The molecule has 0 aromatic carbocycles. The highest BCUT2D eigenvalue weighted by Gasteiger charge is 2.18. The Kier molecular flexibility index (Phi) is 6.10. The standard InChI is InChI=1S/C17H28N6O2/c1-12-7-15(21-16(19-12)17(2,3)4)20-13-8-18-23(9-13)11-14(24)10-22(5)25-6/h7-9,14,24H,10-11H2,1-6H3,(H,19,20,21)/t14-/m0/s1. The number of aromatic nitrogens is 4. The van der Waals surface area contributed by atoms with E-state index in [1.807, 2.05) is 19.2 Å². The average Bonchev–Trinajstić information content (AvgIpc) is 2.92. The molecule has 138 valence electrons. The second kappa shape index (κ2) is 7.90. The number of nitrogens with one attached hydrogen (secondary N) is 1. The summed E-state index contributed by atoms with van der Waals surface area (Å²) in [6, 6.07) is 1.90. The molecule has 25 heavy (non-hydrogen) atoms. The second-order valence-corrected chi connectivity index (χ2v) is 7.19. The summed E-state index contributed by atoms with van der Waals surface area (Å²) in [4.78, 5) is 14.1. The zero-order chi connectivity index (χ0) is 18.6. The molecule has 2 aromatic heterocycles. The monoisotopic (exact) mass is 348 g/mol. The first kappa shape index (κ1) is 19.3. The van der Waals surface area contributed by atoms with Crippen molar-refractivity contribution in [2.45, 2.75) is 45.8 Å². The minimum Gasteiger partial charge on any atom is -0.390 e. The zero-order valence-corrected chi connectivity index (χ0v) is 15.8. The summed E-state index contributed by atoms with van der Waals surface area (Å²) in [5.74, 6) is 1.53. The smallest absolute Gasteiger partial charge is 0.136 e. The van der Waals surface area contributed by atoms with Crippen LogP contribution in [-0.2, 0) is 16.8 Å². The number of hydrogen-bond acceptors (Lipinski definition) is 7. The molecule has 1 atom stereocenters. The SMILES string of the molecule is CON(C)C[C@H](O)Cn1cc(Nc2cc(C)nc(C(C)(C)C)n2)cn1. The molecule has 8 nitrogen and oxygen atoms in total. The zero-order valence-electron chi connectivity index (χ0n) is 15.8. The van der Waals surface area contributed by atoms with Gasteiger partial charge in [-0.2, -0.15) is 10.2 Å². The van der Waals surface area contributed by atoms with Gasteiger partial charge in [0.1, 0.15) is 11.6 Å². The van der Waals surface area contributed by atoms with E-state index in [1.54, 1.807) is 30.1 Å². The molecule has 8 heteroatoms. The quantitative estimate of drug-likeness (QED) is 0.739. The first-order chi connectivity index (χ1) is 11.7. The molecule has 0 unspecified atom stereocenters. The van der Waals surface area contributed by atoms with Gasteiger partial charge in [0, 0.05) is 30.4 Å². The first-order valence-electron chi connectivity index (χ1n) is 8.26. The topological polar surface area (TPSA) is 88.3 Å². The van der Waals surface area contributed by atoms with Crippen LogP contribution >= 0.6 is 0 Å². The summed E-state index contributed by atoms with van der Waals surface area (Å²) >= 11 is 0. The first-order valence-corrected chi connectivity index (χ1v) is 8.26. The van der Waals surface area contributed by atoms with Crippen LogP contribution in [0.2, 0.25) is 0 Å². The summed E-state index contributed by atoms with van der Waals surface area (Å²) in [6.07, 6.45) is 2.97. The van der Waals surface area contributed by atoms with Crippen LogP contribution in [0.1, 0.15) is 32.3 Å². The fraction of sp³-hybridized carbons (Fsp3) is 0.588. The molecule has 2 aromatic rings. The number of aryl methyl sites for hydroxylation is 1. The molecule has 0 saturated heterocycles. The lowest BCUT2D eigenvalue weighted by Crippen LogP contribution is -2.31. The Morgan fingerprint density at radius 3 is 2.72 bits per heavy atom. The number of likely N-dealkylation sites (N-methyl/N-ethyl adjacent to an activating group) is 1. The van der Waals surface area contributed by atoms with Crippen LogP contribution in [0.15, 0.2) is 18.5 Å². The summed E-state index contributed by atoms with van der Waals surface area (Å²) in [5.41, 5.74) is 1.60. The van der Waals surface area contributed by atoms with Gasteiger partial charge < -0.3 is 15.3 Å². The van der Waals surface area contributed by atoms with Gasteiger partial charge in [-0.15, -0.1) is 0 Å². The summed E-state index contributed by atoms with van der Waals surface area (Å²) in [6.45, 7) is 8.99. The maximum atomic E-state index is 10.0. The molecular formula is C17H28N6O2. The number of hydroxylamine groups is 2. The Morgan fingerprint density at radius 2 is 2.08 bits per heavy atom. The van der Waals surface area contributed by atoms with Crippen molar-refractivity contribution in [1.29, 1.82) is 0 Å². The van der Waals surface area contributed by atoms with Crippen molar-refractivity contribution in [3.63, 3.8) is 0 Å². The normalized spacial score (nSPS) is 13.3. The van der Waals surface area contributed by atoms with E-state index < -0.39 is 6.10 Å². The Morgan fingerprint density at radius 1 is 1.36 bits per heavy atom. The summed E-state index contributed by atoms with van der Waals surface area (Å²) < 4.78 is 1.69. The van der Waals surface area contributed by atoms with Gasteiger partial charge in [-0.05, 0) is 6.92 Å². The number of rotatable bonds is 7. The predicted octanol–water partition coefficient (Wildman–Crippen LogP) is 1.88. The fourth-order valence-corrected chi connectivity index (χ4v) is 2.29. The van der Waals surface area contributed by atoms with Crippen LogP contribution in [0, 0.1) is 6.92 Å². The number of nitrogens with zero attached hydrogens (tertiary/aromatic N) is 5. The van der Waals surface area contributed by atoms with Crippen molar-refractivity contribution in [2.24, 2.45) is 0 Å². The van der Waals surface area contributed by atoms with Gasteiger partial charge in [-0.3, -0.25) is 4.68 Å². The van der Waals surface area contributed by atoms with E-state index in [0.29, 0.717) is 13.1 Å². The molecule has 0 bridgehead atoms. The van der Waals surface area contributed by atoms with Crippen LogP contribution in [0.4, 0.5) is 11.5 Å². The lowest BCUT2D eigenvalue weighted by Gasteiger charge is -2.18. The van der Waals surface area contributed by atoms with Crippen LogP contribution in [0.25, 0.3) is 0 Å². The molecule has 0 amide bonds. The van der Waals surface area contributed by atoms with Gasteiger partial charge >= 0.3 is 0 Å². The van der Waals surface area contributed by atoms with E-state index in [1.165, 1.54) is 0 Å². The minimum atomic E-state index is -0.577. The van der Waals surface area contributed by atoms with Crippen molar-refractivity contribution in [3.8, 4) is 0 Å². The van der Waals surface area contributed by atoms with Gasteiger partial charge in [-0.1, -0.05) is 20.8 Å². The second-order valence-electron chi connectivity index (χ2n) is 7.19. The van der Waals surface area contributed by atoms with E-state index in [9.17, 15) is 5.11 Å². The van der Waals surface area contributed by atoms with Gasteiger partial charge in [-0.25, -0.2) is 9.97 Å². The van der Waals surface area contributed by atoms with Crippen molar-refractivity contribution in [3.05, 3.63) is 30.0 Å². The van der Waals surface area contributed by atoms with Gasteiger partial charge in [0.2, 0.25) is 0 Å². The predicted molar refractivity (Wildman–Crippen MR) is 96.6 cm³/mol. The van der Waals surface area contributed by atoms with Crippen molar-refractivity contribution in [1.82, 2.24) is 24.8 Å². The molecule has 0 fully saturated rings. The minimum absolute atomic E-state index is 0.121. The maximum absolute atomic E-state index is 10.0. The van der Waals surface area contributed by atoms with Crippen molar-refractivity contribution >= 4 is 11.5 Å². The highest BCUT2D eigenvalue weighted by molar-refractivity contribution is 5.54. The largest absolute Gasteiger partial charge is 0.390 e. The molecule has 0 aliphatic rings. The average molecular weight is 348 g/mol. The summed E-state index contributed by atoms with van der Waals surface area (Å²) in [7, 11) is 3.34. The molecular weight excluding hydrogens is 320 g/mol. The molecule has 2 rings (SSSR count). The Hall–Kier alpha value is -2.03. The molecule has 0 spiro atoms. The number of anilines is 2. The molecule has 0 aliphatic carbocycles. The molecule has 2 N–H and O–H groups in total. The highest BCUT2D eigenvalue weighted by atomic mass is 16.7.